The van der Waals surface area contributed by atoms with Crippen LogP contribution in [0, 0.1) is 0 Å². The zero-order valence-corrected chi connectivity index (χ0v) is 22.7. The molecule has 204 valence electrons. The molecule has 0 bridgehead atoms. The van der Waals surface area contributed by atoms with Crippen LogP contribution in [0.15, 0.2) is 67.1 Å². The summed E-state index contributed by atoms with van der Waals surface area (Å²) in [5.74, 6) is 0.813. The van der Waals surface area contributed by atoms with E-state index in [1.54, 1.807) is 28.7 Å². The van der Waals surface area contributed by atoms with Gasteiger partial charge in [-0.1, -0.05) is 36.4 Å². The number of carbonyl (C=O) groups is 1. The van der Waals surface area contributed by atoms with Crippen LogP contribution in [0.5, 0.6) is 11.5 Å². The van der Waals surface area contributed by atoms with Crippen LogP contribution in [0.25, 0.3) is 11.9 Å². The van der Waals surface area contributed by atoms with Crippen molar-refractivity contribution in [2.24, 2.45) is 0 Å². The summed E-state index contributed by atoms with van der Waals surface area (Å²) in [6.45, 7) is 2.98. The predicted molar refractivity (Wildman–Crippen MR) is 154 cm³/mol. The molecule has 4 aromatic rings. The minimum Gasteiger partial charge on any atom is -0.493 e. The van der Waals surface area contributed by atoms with Crippen molar-refractivity contribution in [1.29, 1.82) is 0 Å². The minimum absolute atomic E-state index is 0.0370. The largest absolute Gasteiger partial charge is 0.493 e. The molecule has 0 spiro atoms. The van der Waals surface area contributed by atoms with Gasteiger partial charge in [0.1, 0.15) is 6.61 Å². The molecule has 1 aliphatic rings. The Morgan fingerprint density at radius 2 is 2.00 bits per heavy atom. The average Bonchev–Trinajstić information content (AvgIpc) is 3.37. The second kappa shape index (κ2) is 12.4. The highest BCUT2D eigenvalue weighted by Crippen LogP contribution is 2.39. The number of rotatable bonds is 11. The van der Waals surface area contributed by atoms with Gasteiger partial charge in [0.2, 0.25) is 5.78 Å². The van der Waals surface area contributed by atoms with E-state index in [1.807, 2.05) is 43.5 Å². The predicted octanol–water partition coefficient (Wildman–Crippen LogP) is 4.03. The monoisotopic (exact) mass is 537 g/mol. The highest BCUT2D eigenvalue weighted by atomic mass is 16.5. The second-order valence-corrected chi connectivity index (χ2v) is 9.90. The molecule has 1 atom stereocenters. The Morgan fingerprint density at radius 1 is 1.20 bits per heavy atom. The lowest BCUT2D eigenvalue weighted by molar-refractivity contribution is 0.0696. The van der Waals surface area contributed by atoms with Crippen molar-refractivity contribution in [3.8, 4) is 11.5 Å². The molecule has 9 nitrogen and oxygen atoms in total. The number of imidazole rings is 1. The van der Waals surface area contributed by atoms with E-state index in [0.717, 1.165) is 55.0 Å². The number of aromatic carboxylic acids is 1. The van der Waals surface area contributed by atoms with Crippen molar-refractivity contribution in [3.63, 3.8) is 0 Å². The third kappa shape index (κ3) is 6.19. The first-order valence-electron chi connectivity index (χ1n) is 13.2. The smallest absolute Gasteiger partial charge is 0.338 e. The van der Waals surface area contributed by atoms with Gasteiger partial charge in [0, 0.05) is 25.5 Å². The van der Waals surface area contributed by atoms with E-state index in [-0.39, 0.29) is 11.6 Å². The van der Waals surface area contributed by atoms with Crippen molar-refractivity contribution in [2.45, 2.75) is 25.5 Å². The summed E-state index contributed by atoms with van der Waals surface area (Å²) in [5, 5.41) is 9.41. The number of nitrogens with zero attached hydrogens (tertiary/aromatic N) is 5. The van der Waals surface area contributed by atoms with Crippen molar-refractivity contribution < 1.29 is 19.4 Å². The van der Waals surface area contributed by atoms with Crippen LogP contribution in [-0.2, 0) is 13.0 Å². The van der Waals surface area contributed by atoms with Gasteiger partial charge in [-0.25, -0.2) is 14.8 Å². The Balaban J connectivity index is 1.47. The number of aromatic nitrogens is 3. The van der Waals surface area contributed by atoms with Crippen molar-refractivity contribution >= 4 is 25.8 Å². The van der Waals surface area contributed by atoms with E-state index >= 15 is 0 Å². The molecule has 0 saturated heterocycles. The van der Waals surface area contributed by atoms with Crippen molar-refractivity contribution in [1.82, 2.24) is 24.1 Å². The second-order valence-electron chi connectivity index (χ2n) is 9.90. The number of hydrogen-bond acceptors (Lipinski definition) is 7. The number of benzene rings is 2. The Bertz CT molecular complexity index is 1510. The normalized spacial score (nSPS) is 15.5. The maximum Gasteiger partial charge on any atom is 0.338 e. The molecule has 5 rings (SSSR count). The molecule has 2 aromatic heterocycles. The summed E-state index contributed by atoms with van der Waals surface area (Å²) in [7, 11) is 9.39. The van der Waals surface area contributed by atoms with Gasteiger partial charge in [0.05, 0.1) is 30.6 Å². The minimum atomic E-state index is -1.03. The lowest BCUT2D eigenvalue weighted by Gasteiger charge is -2.36. The Morgan fingerprint density at radius 3 is 2.75 bits per heavy atom. The van der Waals surface area contributed by atoms with Crippen LogP contribution in [0.1, 0.15) is 45.2 Å². The molecule has 10 heteroatoms. The Hall–Kier alpha value is -4.15. The highest BCUT2D eigenvalue weighted by molar-refractivity contribution is 6.04. The molecule has 1 unspecified atom stereocenters. The molecule has 0 aliphatic carbocycles. The lowest BCUT2D eigenvalue weighted by Crippen LogP contribution is -2.36. The van der Waals surface area contributed by atoms with Gasteiger partial charge in [-0.15, -0.1) is 0 Å². The fourth-order valence-corrected chi connectivity index (χ4v) is 5.03. The summed E-state index contributed by atoms with van der Waals surface area (Å²) in [6.07, 6.45) is 10.5. The third-order valence-corrected chi connectivity index (χ3v) is 7.09. The van der Waals surface area contributed by atoms with Gasteiger partial charge in [0.15, 0.2) is 19.5 Å². The van der Waals surface area contributed by atoms with Gasteiger partial charge in [-0.3, -0.25) is 9.30 Å². The summed E-state index contributed by atoms with van der Waals surface area (Å²) < 4.78 is 13.7. The number of ether oxygens (including phenoxy) is 2. The van der Waals surface area contributed by atoms with Crippen molar-refractivity contribution in [2.75, 3.05) is 33.8 Å². The number of carboxylic acid groups (broad SMARTS) is 1. The fourth-order valence-electron chi connectivity index (χ4n) is 5.03. The molecular formula is C30H32BN5O4. The third-order valence-electron chi connectivity index (χ3n) is 7.09. The standard InChI is InChI=1S/C30H32BN5O4/c1-34(31)12-6-13-35-14-11-22-15-28(40-20-21-7-4-3-5-8-21)27(39-2)16-25(22)26(35)10-9-24-18-33-30-32-17-23(29(37)38)19-36(24)30/h3-5,7-10,15-19,26H,6,11-14,20H2,1-2H3,(H,37,38)/b10-9+. The molecule has 1 N–H and O–H groups in total. The van der Waals surface area contributed by atoms with E-state index in [1.165, 1.54) is 11.8 Å². The van der Waals surface area contributed by atoms with Gasteiger partial charge in [-0.2, -0.15) is 0 Å². The zero-order valence-electron chi connectivity index (χ0n) is 22.7. The van der Waals surface area contributed by atoms with Crippen LogP contribution in [-0.4, -0.2) is 76.9 Å². The SMILES string of the molecule is [B]N(C)CCCN1CCc2cc(OCc3ccccc3)c(OC)cc2C1/C=C/c1cnc2ncc(C(=O)O)cn12. The van der Waals surface area contributed by atoms with Gasteiger partial charge < -0.3 is 19.4 Å². The van der Waals surface area contributed by atoms with Crippen LogP contribution >= 0.6 is 0 Å². The Labute approximate surface area is 235 Å². The Kier molecular flexibility index (Phi) is 8.47. The van der Waals surface area contributed by atoms with E-state index < -0.39 is 5.97 Å². The van der Waals surface area contributed by atoms with Gasteiger partial charge in [0.25, 0.3) is 0 Å². The topological polar surface area (TPSA) is 92.4 Å². The summed E-state index contributed by atoms with van der Waals surface area (Å²) in [5.41, 5.74) is 4.29. The molecule has 40 heavy (non-hydrogen) atoms. The van der Waals surface area contributed by atoms with E-state index in [0.29, 0.717) is 18.1 Å². The molecule has 0 amide bonds. The van der Waals surface area contributed by atoms with Crippen LogP contribution in [0.3, 0.4) is 0 Å². The quantitative estimate of drug-likeness (QED) is 0.287. The van der Waals surface area contributed by atoms with Crippen LogP contribution in [0.2, 0.25) is 0 Å². The van der Waals surface area contributed by atoms with E-state index in [4.69, 9.17) is 17.5 Å². The van der Waals surface area contributed by atoms with Crippen molar-refractivity contribution in [3.05, 3.63) is 95.1 Å². The van der Waals surface area contributed by atoms with Gasteiger partial charge in [-0.05, 0) is 61.3 Å². The lowest BCUT2D eigenvalue weighted by atomic mass is 9.91. The number of hydrogen-bond donors (Lipinski definition) is 1. The molecular weight excluding hydrogens is 505 g/mol. The molecule has 0 saturated carbocycles. The highest BCUT2D eigenvalue weighted by Gasteiger charge is 2.27. The van der Waals surface area contributed by atoms with Crippen LogP contribution < -0.4 is 9.47 Å². The first-order chi connectivity index (χ1) is 19.4. The first kappa shape index (κ1) is 27.4. The number of methoxy groups -OCH3 is 1. The first-order valence-corrected chi connectivity index (χ1v) is 13.2. The number of carboxylic acids is 1. The summed E-state index contributed by atoms with van der Waals surface area (Å²) in [4.78, 5) is 24.1. The number of fused-ring (bicyclic) bond motifs is 2. The average molecular weight is 537 g/mol. The van der Waals surface area contributed by atoms with E-state index in [9.17, 15) is 9.90 Å². The maximum atomic E-state index is 11.5. The van der Waals surface area contributed by atoms with Gasteiger partial charge >= 0.3 is 5.97 Å². The molecule has 2 aromatic carbocycles. The van der Waals surface area contributed by atoms with Crippen LogP contribution in [0.4, 0.5) is 0 Å². The van der Waals surface area contributed by atoms with E-state index in [2.05, 4.69) is 33.1 Å². The zero-order chi connectivity index (χ0) is 28.1. The molecule has 1 aliphatic heterocycles. The maximum absolute atomic E-state index is 11.5. The summed E-state index contributed by atoms with van der Waals surface area (Å²) >= 11 is 0. The summed E-state index contributed by atoms with van der Waals surface area (Å²) in [6, 6.07) is 14.2. The molecule has 2 radical (unpaired) electrons. The fraction of sp³-hybridized carbons (Fsp3) is 0.300. The molecule has 0 fully saturated rings. The molecule has 3 heterocycles.